The van der Waals surface area contributed by atoms with E-state index in [2.05, 4.69) is 17.1 Å². The molecular formula is C16H22N2O3. The molecule has 1 N–H and O–H groups in total. The second-order valence-electron chi connectivity index (χ2n) is 5.92. The van der Waals surface area contributed by atoms with E-state index in [1.165, 1.54) is 12.8 Å². The van der Waals surface area contributed by atoms with Crippen LogP contribution in [0, 0.1) is 5.92 Å². The summed E-state index contributed by atoms with van der Waals surface area (Å²) in [5, 5.41) is 2.97. The number of amides is 1. The van der Waals surface area contributed by atoms with E-state index in [0.29, 0.717) is 13.1 Å². The number of nitrogens with one attached hydrogen (secondary N) is 1. The summed E-state index contributed by atoms with van der Waals surface area (Å²) in [5.41, 5.74) is 1.03. The van der Waals surface area contributed by atoms with E-state index in [4.69, 9.17) is 9.47 Å². The van der Waals surface area contributed by atoms with Gasteiger partial charge in [-0.2, -0.15) is 0 Å². The van der Waals surface area contributed by atoms with E-state index >= 15 is 0 Å². The van der Waals surface area contributed by atoms with Gasteiger partial charge < -0.3 is 14.8 Å². The smallest absolute Gasteiger partial charge is 0.234 e. The largest absolute Gasteiger partial charge is 0.454 e. The Bertz CT molecular complexity index is 510. The minimum atomic E-state index is 0.0854. The van der Waals surface area contributed by atoms with Crippen molar-refractivity contribution in [3.63, 3.8) is 0 Å². The van der Waals surface area contributed by atoms with Gasteiger partial charge in [0.15, 0.2) is 11.5 Å². The molecular weight excluding hydrogens is 268 g/mol. The fourth-order valence-corrected chi connectivity index (χ4v) is 2.73. The van der Waals surface area contributed by atoms with Crippen molar-refractivity contribution in [2.24, 2.45) is 5.92 Å². The molecule has 2 heterocycles. The molecule has 1 aromatic rings. The van der Waals surface area contributed by atoms with Crippen LogP contribution >= 0.6 is 0 Å². The van der Waals surface area contributed by atoms with E-state index < -0.39 is 0 Å². The highest BCUT2D eigenvalue weighted by molar-refractivity contribution is 5.78. The molecule has 114 valence electrons. The molecule has 0 atom stereocenters. The number of hydrogen-bond acceptors (Lipinski definition) is 4. The minimum Gasteiger partial charge on any atom is -0.454 e. The first-order chi connectivity index (χ1) is 10.2. The molecule has 1 fully saturated rings. The van der Waals surface area contributed by atoms with Gasteiger partial charge in [0.1, 0.15) is 0 Å². The van der Waals surface area contributed by atoms with Gasteiger partial charge in [-0.05, 0) is 49.5 Å². The third-order valence-electron chi connectivity index (χ3n) is 4.17. The Labute approximate surface area is 125 Å². The Morgan fingerprint density at radius 3 is 2.86 bits per heavy atom. The van der Waals surface area contributed by atoms with E-state index in [9.17, 15) is 4.79 Å². The fourth-order valence-electron chi connectivity index (χ4n) is 2.73. The van der Waals surface area contributed by atoms with Gasteiger partial charge in [-0.25, -0.2) is 0 Å². The SMILES string of the molecule is CC1CCN(CC(=O)NCc2ccc3c(c2)OCO3)CC1. The van der Waals surface area contributed by atoms with Gasteiger partial charge in [-0.1, -0.05) is 13.0 Å². The van der Waals surface area contributed by atoms with Crippen LogP contribution < -0.4 is 14.8 Å². The number of rotatable bonds is 4. The van der Waals surface area contributed by atoms with E-state index in [1.54, 1.807) is 0 Å². The minimum absolute atomic E-state index is 0.0854. The lowest BCUT2D eigenvalue weighted by atomic mass is 9.99. The number of likely N-dealkylation sites (tertiary alicyclic amines) is 1. The maximum Gasteiger partial charge on any atom is 0.234 e. The van der Waals surface area contributed by atoms with Gasteiger partial charge in [0.2, 0.25) is 12.7 Å². The molecule has 0 aliphatic carbocycles. The van der Waals surface area contributed by atoms with Gasteiger partial charge in [0, 0.05) is 6.54 Å². The molecule has 2 aliphatic rings. The molecule has 0 aromatic heterocycles. The lowest BCUT2D eigenvalue weighted by molar-refractivity contribution is -0.122. The monoisotopic (exact) mass is 290 g/mol. The number of fused-ring (bicyclic) bond motifs is 1. The summed E-state index contributed by atoms with van der Waals surface area (Å²) >= 11 is 0. The predicted octanol–water partition coefficient (Wildman–Crippen LogP) is 1.76. The molecule has 0 unspecified atom stereocenters. The summed E-state index contributed by atoms with van der Waals surface area (Å²) < 4.78 is 10.6. The Morgan fingerprint density at radius 1 is 1.29 bits per heavy atom. The summed E-state index contributed by atoms with van der Waals surface area (Å²) in [6.07, 6.45) is 2.38. The number of nitrogens with zero attached hydrogens (tertiary/aromatic N) is 1. The van der Waals surface area contributed by atoms with Crippen molar-refractivity contribution in [1.29, 1.82) is 0 Å². The molecule has 1 amide bonds. The van der Waals surface area contributed by atoms with Gasteiger partial charge in [0.05, 0.1) is 6.54 Å². The molecule has 3 rings (SSSR count). The normalized spacial score (nSPS) is 18.7. The average Bonchev–Trinajstić information content (AvgIpc) is 2.95. The van der Waals surface area contributed by atoms with E-state index in [0.717, 1.165) is 36.1 Å². The molecule has 0 spiro atoms. The molecule has 5 nitrogen and oxygen atoms in total. The first-order valence-corrected chi connectivity index (χ1v) is 7.58. The van der Waals surface area contributed by atoms with Crippen LogP contribution in [0.1, 0.15) is 25.3 Å². The zero-order valence-corrected chi connectivity index (χ0v) is 12.4. The number of piperidine rings is 1. The van der Waals surface area contributed by atoms with Crippen LogP contribution in [-0.4, -0.2) is 37.2 Å². The van der Waals surface area contributed by atoms with Gasteiger partial charge in [-0.15, -0.1) is 0 Å². The molecule has 0 radical (unpaired) electrons. The summed E-state index contributed by atoms with van der Waals surface area (Å²) in [6, 6.07) is 5.76. The summed E-state index contributed by atoms with van der Waals surface area (Å²) in [7, 11) is 0. The second kappa shape index (κ2) is 6.35. The standard InChI is InChI=1S/C16H22N2O3/c1-12-4-6-18(7-5-12)10-16(19)17-9-13-2-3-14-15(8-13)21-11-20-14/h2-3,8,12H,4-7,9-11H2,1H3,(H,17,19). The molecule has 21 heavy (non-hydrogen) atoms. The molecule has 2 aliphatic heterocycles. The van der Waals surface area contributed by atoms with Crippen molar-refractivity contribution >= 4 is 5.91 Å². The lowest BCUT2D eigenvalue weighted by Gasteiger charge is -2.29. The van der Waals surface area contributed by atoms with Gasteiger partial charge in [-0.3, -0.25) is 9.69 Å². The van der Waals surface area contributed by atoms with Gasteiger partial charge >= 0.3 is 0 Å². The molecule has 1 saturated heterocycles. The quantitative estimate of drug-likeness (QED) is 0.918. The number of carbonyl (C=O) groups is 1. The summed E-state index contributed by atoms with van der Waals surface area (Å²) in [4.78, 5) is 14.2. The van der Waals surface area contributed by atoms with Crippen LogP contribution in [0.3, 0.4) is 0 Å². The second-order valence-corrected chi connectivity index (χ2v) is 5.92. The number of ether oxygens (including phenoxy) is 2. The zero-order valence-electron chi connectivity index (χ0n) is 12.4. The van der Waals surface area contributed by atoms with Crippen molar-refractivity contribution in [3.8, 4) is 11.5 Å². The highest BCUT2D eigenvalue weighted by Crippen LogP contribution is 2.32. The highest BCUT2D eigenvalue weighted by atomic mass is 16.7. The van der Waals surface area contributed by atoms with Crippen molar-refractivity contribution in [3.05, 3.63) is 23.8 Å². The van der Waals surface area contributed by atoms with Crippen LogP contribution in [0.2, 0.25) is 0 Å². The lowest BCUT2D eigenvalue weighted by Crippen LogP contribution is -2.41. The van der Waals surface area contributed by atoms with E-state index in [-0.39, 0.29) is 12.7 Å². The average molecular weight is 290 g/mol. The van der Waals surface area contributed by atoms with Crippen molar-refractivity contribution in [2.45, 2.75) is 26.3 Å². The van der Waals surface area contributed by atoms with Crippen LogP contribution in [0.15, 0.2) is 18.2 Å². The van der Waals surface area contributed by atoms with Crippen molar-refractivity contribution < 1.29 is 14.3 Å². The van der Waals surface area contributed by atoms with Gasteiger partial charge in [0.25, 0.3) is 0 Å². The number of carbonyl (C=O) groups excluding carboxylic acids is 1. The third kappa shape index (κ3) is 3.67. The molecule has 0 saturated carbocycles. The Hall–Kier alpha value is -1.75. The molecule has 1 aromatic carbocycles. The third-order valence-corrected chi connectivity index (χ3v) is 4.17. The molecule has 5 heteroatoms. The number of benzene rings is 1. The Balaban J connectivity index is 1.45. The van der Waals surface area contributed by atoms with Crippen LogP contribution in [0.4, 0.5) is 0 Å². The first kappa shape index (κ1) is 14.2. The van der Waals surface area contributed by atoms with Crippen LogP contribution in [-0.2, 0) is 11.3 Å². The van der Waals surface area contributed by atoms with Crippen molar-refractivity contribution in [1.82, 2.24) is 10.2 Å². The highest BCUT2D eigenvalue weighted by Gasteiger charge is 2.18. The maximum atomic E-state index is 12.0. The first-order valence-electron chi connectivity index (χ1n) is 7.58. The summed E-state index contributed by atoms with van der Waals surface area (Å²) in [6.45, 7) is 5.63. The molecule has 0 bridgehead atoms. The van der Waals surface area contributed by atoms with Crippen LogP contribution in [0.25, 0.3) is 0 Å². The van der Waals surface area contributed by atoms with E-state index in [1.807, 2.05) is 18.2 Å². The zero-order chi connectivity index (χ0) is 14.7. The summed E-state index contributed by atoms with van der Waals surface area (Å²) in [5.74, 6) is 2.40. The topological polar surface area (TPSA) is 50.8 Å². The van der Waals surface area contributed by atoms with Crippen LogP contribution in [0.5, 0.6) is 11.5 Å². The number of hydrogen-bond donors (Lipinski definition) is 1. The Morgan fingerprint density at radius 2 is 2.05 bits per heavy atom. The maximum absolute atomic E-state index is 12.0. The van der Waals surface area contributed by atoms with Crippen molar-refractivity contribution in [2.75, 3.05) is 26.4 Å². The predicted molar refractivity (Wildman–Crippen MR) is 79.2 cm³/mol. The fraction of sp³-hybridized carbons (Fsp3) is 0.562. The Kier molecular flexibility index (Phi) is 4.29.